The van der Waals surface area contributed by atoms with E-state index in [1.807, 2.05) is 48.9 Å². The van der Waals surface area contributed by atoms with Crippen LogP contribution < -0.4 is 10.5 Å². The molecule has 4 nitrogen and oxygen atoms in total. The standard InChI is InChI=1S/C12H15N3O/c1-3-16-11-7-5-4-6-10(11)15-8-9(2)14-12(15)13/h4-8H,3H2,1-2H3,(H2,13,14). The number of nitrogen functional groups attached to an aromatic ring is 1. The fourth-order valence-corrected chi connectivity index (χ4v) is 1.64. The first-order valence-electron chi connectivity index (χ1n) is 5.26. The zero-order valence-corrected chi connectivity index (χ0v) is 9.47. The van der Waals surface area contributed by atoms with Crippen molar-refractivity contribution in [3.8, 4) is 11.4 Å². The summed E-state index contributed by atoms with van der Waals surface area (Å²) in [5.41, 5.74) is 7.65. The average molecular weight is 217 g/mol. The summed E-state index contributed by atoms with van der Waals surface area (Å²) in [7, 11) is 0. The first-order chi connectivity index (χ1) is 7.72. The Kier molecular flexibility index (Phi) is 2.81. The van der Waals surface area contributed by atoms with Crippen LogP contribution in [0.1, 0.15) is 12.6 Å². The summed E-state index contributed by atoms with van der Waals surface area (Å²) in [6.07, 6.45) is 1.90. The van der Waals surface area contributed by atoms with E-state index in [2.05, 4.69) is 4.98 Å². The van der Waals surface area contributed by atoms with Gasteiger partial charge in [-0.25, -0.2) is 4.98 Å². The molecule has 1 heterocycles. The Hall–Kier alpha value is -1.97. The predicted molar refractivity (Wildman–Crippen MR) is 63.9 cm³/mol. The van der Waals surface area contributed by atoms with E-state index in [1.165, 1.54) is 0 Å². The Balaban J connectivity index is 2.50. The molecule has 1 aromatic carbocycles. The molecule has 2 N–H and O–H groups in total. The number of anilines is 1. The quantitative estimate of drug-likeness (QED) is 0.857. The molecule has 84 valence electrons. The molecule has 0 bridgehead atoms. The summed E-state index contributed by atoms with van der Waals surface area (Å²) in [6, 6.07) is 7.77. The minimum absolute atomic E-state index is 0.477. The molecule has 2 rings (SSSR count). The maximum atomic E-state index is 5.83. The molecule has 16 heavy (non-hydrogen) atoms. The zero-order chi connectivity index (χ0) is 11.5. The number of imidazole rings is 1. The van der Waals surface area contributed by atoms with Crippen molar-refractivity contribution in [1.82, 2.24) is 9.55 Å². The highest BCUT2D eigenvalue weighted by atomic mass is 16.5. The van der Waals surface area contributed by atoms with E-state index in [-0.39, 0.29) is 0 Å². The number of hydrogen-bond acceptors (Lipinski definition) is 3. The number of hydrogen-bond donors (Lipinski definition) is 1. The van der Waals surface area contributed by atoms with Crippen LogP contribution in [0.25, 0.3) is 5.69 Å². The molecule has 0 fully saturated rings. The van der Waals surface area contributed by atoms with Crippen molar-refractivity contribution in [2.45, 2.75) is 13.8 Å². The monoisotopic (exact) mass is 217 g/mol. The van der Waals surface area contributed by atoms with Crippen LogP contribution in [0.2, 0.25) is 0 Å². The molecule has 0 spiro atoms. The van der Waals surface area contributed by atoms with E-state index in [1.54, 1.807) is 0 Å². The third kappa shape index (κ3) is 1.86. The summed E-state index contributed by atoms with van der Waals surface area (Å²) in [5, 5.41) is 0. The molecular formula is C12H15N3O. The molecule has 0 saturated heterocycles. The van der Waals surface area contributed by atoms with Crippen molar-refractivity contribution < 1.29 is 4.74 Å². The van der Waals surface area contributed by atoms with Gasteiger partial charge in [0.1, 0.15) is 5.75 Å². The number of aromatic nitrogens is 2. The van der Waals surface area contributed by atoms with E-state index in [0.29, 0.717) is 12.6 Å². The summed E-state index contributed by atoms with van der Waals surface area (Å²) < 4.78 is 7.39. The van der Waals surface area contributed by atoms with Crippen LogP contribution in [-0.4, -0.2) is 16.2 Å². The second-order valence-corrected chi connectivity index (χ2v) is 3.51. The van der Waals surface area contributed by atoms with E-state index < -0.39 is 0 Å². The van der Waals surface area contributed by atoms with Crippen LogP contribution in [-0.2, 0) is 0 Å². The van der Waals surface area contributed by atoms with Crippen molar-refractivity contribution >= 4 is 5.95 Å². The Morgan fingerprint density at radius 2 is 2.12 bits per heavy atom. The number of benzene rings is 1. The van der Waals surface area contributed by atoms with Gasteiger partial charge in [0.15, 0.2) is 0 Å². The Morgan fingerprint density at radius 1 is 1.38 bits per heavy atom. The molecule has 4 heteroatoms. The highest BCUT2D eigenvalue weighted by Gasteiger charge is 2.08. The van der Waals surface area contributed by atoms with Gasteiger partial charge in [0, 0.05) is 6.20 Å². The fourth-order valence-electron chi connectivity index (χ4n) is 1.64. The van der Waals surface area contributed by atoms with Crippen LogP contribution in [0.15, 0.2) is 30.5 Å². The Morgan fingerprint density at radius 3 is 2.75 bits per heavy atom. The van der Waals surface area contributed by atoms with Gasteiger partial charge in [0.05, 0.1) is 18.0 Å². The molecule has 0 unspecified atom stereocenters. The van der Waals surface area contributed by atoms with Crippen LogP contribution in [0.3, 0.4) is 0 Å². The molecule has 0 aliphatic heterocycles. The lowest BCUT2D eigenvalue weighted by atomic mass is 10.3. The van der Waals surface area contributed by atoms with Crippen molar-refractivity contribution in [3.63, 3.8) is 0 Å². The van der Waals surface area contributed by atoms with Crippen LogP contribution in [0.5, 0.6) is 5.75 Å². The SMILES string of the molecule is CCOc1ccccc1-n1cc(C)nc1N. The number of ether oxygens (including phenoxy) is 1. The van der Waals surface area contributed by atoms with E-state index in [9.17, 15) is 0 Å². The molecule has 2 aromatic rings. The highest BCUT2D eigenvalue weighted by Crippen LogP contribution is 2.24. The lowest BCUT2D eigenvalue weighted by Gasteiger charge is -2.11. The van der Waals surface area contributed by atoms with Gasteiger partial charge in [-0.1, -0.05) is 12.1 Å². The van der Waals surface area contributed by atoms with Crippen molar-refractivity contribution in [1.29, 1.82) is 0 Å². The molecule has 0 amide bonds. The zero-order valence-electron chi connectivity index (χ0n) is 9.47. The molecule has 0 atom stereocenters. The smallest absolute Gasteiger partial charge is 0.205 e. The number of rotatable bonds is 3. The van der Waals surface area contributed by atoms with E-state index in [0.717, 1.165) is 17.1 Å². The lowest BCUT2D eigenvalue weighted by molar-refractivity contribution is 0.339. The average Bonchev–Trinajstić information content (AvgIpc) is 2.59. The second kappa shape index (κ2) is 4.26. The second-order valence-electron chi connectivity index (χ2n) is 3.51. The third-order valence-corrected chi connectivity index (χ3v) is 2.28. The summed E-state index contributed by atoms with van der Waals surface area (Å²) in [4.78, 5) is 4.17. The van der Waals surface area contributed by atoms with Gasteiger partial charge in [-0.05, 0) is 26.0 Å². The molecule has 0 aliphatic carbocycles. The molecule has 0 aliphatic rings. The number of para-hydroxylation sites is 2. The Bertz CT molecular complexity index is 491. The van der Waals surface area contributed by atoms with Gasteiger partial charge < -0.3 is 10.5 Å². The third-order valence-electron chi connectivity index (χ3n) is 2.28. The van der Waals surface area contributed by atoms with E-state index >= 15 is 0 Å². The van der Waals surface area contributed by atoms with Crippen molar-refractivity contribution in [3.05, 3.63) is 36.2 Å². The lowest BCUT2D eigenvalue weighted by Crippen LogP contribution is -2.03. The maximum Gasteiger partial charge on any atom is 0.205 e. The summed E-state index contributed by atoms with van der Waals surface area (Å²) >= 11 is 0. The van der Waals surface area contributed by atoms with Gasteiger partial charge in [-0.15, -0.1) is 0 Å². The number of nitrogens with two attached hydrogens (primary N) is 1. The van der Waals surface area contributed by atoms with Crippen LogP contribution in [0, 0.1) is 6.92 Å². The minimum Gasteiger partial charge on any atom is -0.492 e. The number of nitrogens with zero attached hydrogens (tertiary/aromatic N) is 2. The Labute approximate surface area is 94.7 Å². The van der Waals surface area contributed by atoms with Gasteiger partial charge in [-0.3, -0.25) is 4.57 Å². The molecule has 0 radical (unpaired) electrons. The van der Waals surface area contributed by atoms with Crippen molar-refractivity contribution in [2.24, 2.45) is 0 Å². The van der Waals surface area contributed by atoms with Crippen LogP contribution in [0.4, 0.5) is 5.95 Å². The van der Waals surface area contributed by atoms with Gasteiger partial charge in [-0.2, -0.15) is 0 Å². The summed E-state index contributed by atoms with van der Waals surface area (Å²) in [6.45, 7) is 4.50. The molecule has 0 saturated carbocycles. The fraction of sp³-hybridized carbons (Fsp3) is 0.250. The van der Waals surface area contributed by atoms with Gasteiger partial charge >= 0.3 is 0 Å². The van der Waals surface area contributed by atoms with Gasteiger partial charge in [0.25, 0.3) is 0 Å². The van der Waals surface area contributed by atoms with E-state index in [4.69, 9.17) is 10.5 Å². The largest absolute Gasteiger partial charge is 0.492 e. The molecular weight excluding hydrogens is 202 g/mol. The predicted octanol–water partition coefficient (Wildman–Crippen LogP) is 2.16. The highest BCUT2D eigenvalue weighted by molar-refractivity contribution is 5.50. The normalized spacial score (nSPS) is 10.4. The first kappa shape index (κ1) is 10.5. The maximum absolute atomic E-state index is 5.83. The topological polar surface area (TPSA) is 53.1 Å². The first-order valence-corrected chi connectivity index (χ1v) is 5.26. The summed E-state index contributed by atoms with van der Waals surface area (Å²) in [5.74, 6) is 1.29. The van der Waals surface area contributed by atoms with Crippen LogP contribution >= 0.6 is 0 Å². The molecule has 1 aromatic heterocycles. The minimum atomic E-state index is 0.477. The van der Waals surface area contributed by atoms with Gasteiger partial charge in [0.2, 0.25) is 5.95 Å². The van der Waals surface area contributed by atoms with Crippen molar-refractivity contribution in [2.75, 3.05) is 12.3 Å². The number of aryl methyl sites for hydroxylation is 1.